The van der Waals surface area contributed by atoms with Gasteiger partial charge in [0.25, 0.3) is 0 Å². The Morgan fingerprint density at radius 1 is 1.24 bits per heavy atom. The summed E-state index contributed by atoms with van der Waals surface area (Å²) in [6, 6.07) is 4.43. The highest BCUT2D eigenvalue weighted by Crippen LogP contribution is 2.37. The molecular weight excluding hydrogens is 316 g/mol. The summed E-state index contributed by atoms with van der Waals surface area (Å²) in [5.41, 5.74) is 3.31. The molecule has 0 aliphatic carbocycles. The van der Waals surface area contributed by atoms with Gasteiger partial charge in [-0.3, -0.25) is 0 Å². The van der Waals surface area contributed by atoms with E-state index in [9.17, 15) is 4.79 Å². The van der Waals surface area contributed by atoms with Crippen LogP contribution in [-0.4, -0.2) is 49.4 Å². The molecule has 2 heterocycles. The first kappa shape index (κ1) is 17.9. The van der Waals surface area contributed by atoms with Crippen LogP contribution in [-0.2, 0) is 17.6 Å². The maximum absolute atomic E-state index is 12.4. The fourth-order valence-corrected chi connectivity index (χ4v) is 3.48. The molecule has 1 aromatic carbocycles. The van der Waals surface area contributed by atoms with Gasteiger partial charge < -0.3 is 19.3 Å². The van der Waals surface area contributed by atoms with E-state index in [1.807, 2.05) is 25.7 Å². The number of carbonyl (C=O) groups excluding carboxylic acids is 1. The number of amides is 1. The smallest absolute Gasteiger partial charge is 0.410 e. The van der Waals surface area contributed by atoms with Gasteiger partial charge in [-0.15, -0.1) is 0 Å². The molecule has 0 bridgehead atoms. The van der Waals surface area contributed by atoms with Crippen LogP contribution < -0.4 is 9.64 Å². The van der Waals surface area contributed by atoms with Crippen molar-refractivity contribution in [3.05, 3.63) is 23.3 Å². The van der Waals surface area contributed by atoms with E-state index in [-0.39, 0.29) is 12.2 Å². The molecule has 2 aliphatic heterocycles. The Bertz CT molecular complexity index is 651. The summed E-state index contributed by atoms with van der Waals surface area (Å²) in [6.07, 6.45) is 2.73. The van der Waals surface area contributed by atoms with Crippen LogP contribution in [0.5, 0.6) is 5.75 Å². The molecule has 25 heavy (non-hydrogen) atoms. The van der Waals surface area contributed by atoms with Crippen LogP contribution in [0.25, 0.3) is 0 Å². The van der Waals surface area contributed by atoms with Gasteiger partial charge in [-0.25, -0.2) is 4.79 Å². The molecule has 1 atom stereocenters. The fraction of sp³-hybridized carbons (Fsp3) is 0.650. The Hall–Kier alpha value is -1.91. The predicted octanol–water partition coefficient (Wildman–Crippen LogP) is 3.63. The van der Waals surface area contributed by atoms with Gasteiger partial charge >= 0.3 is 6.09 Å². The minimum Gasteiger partial charge on any atom is -0.486 e. The second kappa shape index (κ2) is 6.77. The Labute approximate surface area is 150 Å². The number of likely N-dealkylation sites (N-methyl/N-ethyl adjacent to an activating group) is 1. The number of carbonyl (C=O) groups is 1. The number of rotatable bonds is 1. The second-order valence-electron chi connectivity index (χ2n) is 8.08. The normalized spacial score (nSPS) is 20.3. The topological polar surface area (TPSA) is 42.0 Å². The van der Waals surface area contributed by atoms with Gasteiger partial charge in [0.05, 0.1) is 12.2 Å². The monoisotopic (exact) mass is 346 g/mol. The highest BCUT2D eigenvalue weighted by Gasteiger charge is 2.27. The van der Waals surface area contributed by atoms with E-state index in [2.05, 4.69) is 31.0 Å². The molecule has 1 amide bonds. The Kier molecular flexibility index (Phi) is 4.85. The summed E-state index contributed by atoms with van der Waals surface area (Å²) in [6.45, 7) is 10.2. The summed E-state index contributed by atoms with van der Waals surface area (Å²) in [7, 11) is 2.13. The molecule has 138 valence electrons. The zero-order chi connectivity index (χ0) is 18.2. The first-order valence-corrected chi connectivity index (χ1v) is 9.28. The molecule has 0 N–H and O–H groups in total. The van der Waals surface area contributed by atoms with Crippen molar-refractivity contribution in [3.8, 4) is 5.75 Å². The van der Waals surface area contributed by atoms with Crippen LogP contribution in [0, 0.1) is 0 Å². The largest absolute Gasteiger partial charge is 0.486 e. The minimum absolute atomic E-state index is 0.218. The number of hydrogen-bond donors (Lipinski definition) is 0. The van der Waals surface area contributed by atoms with Gasteiger partial charge in [-0.2, -0.15) is 0 Å². The van der Waals surface area contributed by atoms with Crippen molar-refractivity contribution < 1.29 is 14.3 Å². The zero-order valence-electron chi connectivity index (χ0n) is 16.1. The third-order valence-electron chi connectivity index (χ3n) is 4.87. The van der Waals surface area contributed by atoms with E-state index in [0.717, 1.165) is 37.2 Å². The highest BCUT2D eigenvalue weighted by molar-refractivity contribution is 5.69. The molecule has 0 saturated carbocycles. The van der Waals surface area contributed by atoms with Crippen molar-refractivity contribution >= 4 is 11.8 Å². The molecule has 0 spiro atoms. The quantitative estimate of drug-likeness (QED) is 0.779. The van der Waals surface area contributed by atoms with Crippen LogP contribution in [0.2, 0.25) is 0 Å². The molecule has 0 radical (unpaired) electrons. The first-order chi connectivity index (χ1) is 11.8. The van der Waals surface area contributed by atoms with Gasteiger partial charge in [0.15, 0.2) is 0 Å². The first-order valence-electron chi connectivity index (χ1n) is 9.28. The number of benzene rings is 1. The van der Waals surface area contributed by atoms with E-state index in [1.165, 1.54) is 11.1 Å². The van der Waals surface area contributed by atoms with E-state index in [1.54, 1.807) is 0 Å². The standard InChI is InChI=1S/C20H30N2O3/c1-6-16-13-21(5)17-11-14-7-9-22(19(23)25-20(2,3)4)10-8-15(14)12-18(17)24-16/h11-12,16H,6-10,13H2,1-5H3. The van der Waals surface area contributed by atoms with Crippen molar-refractivity contribution in [2.45, 2.75) is 58.7 Å². The van der Waals surface area contributed by atoms with E-state index in [4.69, 9.17) is 9.47 Å². The SMILES string of the molecule is CCC1CN(C)c2cc3c(cc2O1)CCN(C(=O)OC(C)(C)C)CC3. The van der Waals surface area contributed by atoms with E-state index in [0.29, 0.717) is 13.1 Å². The summed E-state index contributed by atoms with van der Waals surface area (Å²) in [5, 5.41) is 0. The van der Waals surface area contributed by atoms with Gasteiger partial charge in [-0.05, 0) is 63.3 Å². The second-order valence-corrected chi connectivity index (χ2v) is 8.08. The summed E-state index contributed by atoms with van der Waals surface area (Å²) < 4.78 is 11.7. The lowest BCUT2D eigenvalue weighted by Crippen LogP contribution is -2.38. The lowest BCUT2D eigenvalue weighted by atomic mass is 10.00. The van der Waals surface area contributed by atoms with Crippen molar-refractivity contribution in [1.29, 1.82) is 0 Å². The molecule has 5 nitrogen and oxygen atoms in total. The predicted molar refractivity (Wildman–Crippen MR) is 99.6 cm³/mol. The number of fused-ring (bicyclic) bond motifs is 2. The number of anilines is 1. The summed E-state index contributed by atoms with van der Waals surface area (Å²) in [5.74, 6) is 0.977. The van der Waals surface area contributed by atoms with Crippen LogP contribution in [0.3, 0.4) is 0 Å². The maximum Gasteiger partial charge on any atom is 0.410 e. The van der Waals surface area contributed by atoms with Crippen molar-refractivity contribution in [3.63, 3.8) is 0 Å². The van der Waals surface area contributed by atoms with Crippen molar-refractivity contribution in [1.82, 2.24) is 4.90 Å². The summed E-state index contributed by atoms with van der Waals surface area (Å²) >= 11 is 0. The Balaban J connectivity index is 1.77. The Morgan fingerprint density at radius 2 is 1.88 bits per heavy atom. The maximum atomic E-state index is 12.4. The lowest BCUT2D eigenvalue weighted by molar-refractivity contribution is 0.0258. The molecule has 0 saturated heterocycles. The fourth-order valence-electron chi connectivity index (χ4n) is 3.48. The Morgan fingerprint density at radius 3 is 2.48 bits per heavy atom. The van der Waals surface area contributed by atoms with Crippen LogP contribution in [0.1, 0.15) is 45.2 Å². The van der Waals surface area contributed by atoms with Gasteiger partial charge in [0, 0.05) is 20.1 Å². The minimum atomic E-state index is -0.457. The zero-order valence-corrected chi connectivity index (χ0v) is 16.1. The lowest BCUT2D eigenvalue weighted by Gasteiger charge is -2.34. The molecule has 0 aromatic heterocycles. The van der Waals surface area contributed by atoms with Crippen molar-refractivity contribution in [2.24, 2.45) is 0 Å². The highest BCUT2D eigenvalue weighted by atomic mass is 16.6. The molecule has 0 fully saturated rings. The van der Waals surface area contributed by atoms with Crippen LogP contribution in [0.4, 0.5) is 10.5 Å². The van der Waals surface area contributed by atoms with Crippen molar-refractivity contribution in [2.75, 3.05) is 31.6 Å². The molecule has 1 aromatic rings. The van der Waals surface area contributed by atoms with Crippen LogP contribution in [0.15, 0.2) is 12.1 Å². The number of ether oxygens (including phenoxy) is 2. The molecular formula is C20H30N2O3. The summed E-state index contributed by atoms with van der Waals surface area (Å²) in [4.78, 5) is 16.5. The third-order valence-corrected chi connectivity index (χ3v) is 4.87. The average Bonchev–Trinajstić information content (AvgIpc) is 2.73. The van der Waals surface area contributed by atoms with Gasteiger partial charge in [0.2, 0.25) is 0 Å². The van der Waals surface area contributed by atoms with Gasteiger partial charge in [0.1, 0.15) is 17.5 Å². The molecule has 2 aliphatic rings. The van der Waals surface area contributed by atoms with E-state index >= 15 is 0 Å². The molecule has 1 unspecified atom stereocenters. The molecule has 5 heteroatoms. The number of nitrogens with zero attached hydrogens (tertiary/aromatic N) is 2. The number of hydrogen-bond acceptors (Lipinski definition) is 4. The average molecular weight is 346 g/mol. The third kappa shape index (κ3) is 4.02. The van der Waals surface area contributed by atoms with E-state index < -0.39 is 5.60 Å². The molecule has 3 rings (SSSR count). The van der Waals surface area contributed by atoms with Crippen LogP contribution >= 0.6 is 0 Å². The van der Waals surface area contributed by atoms with Gasteiger partial charge in [-0.1, -0.05) is 6.92 Å².